The van der Waals surface area contributed by atoms with Crippen LogP contribution in [0.4, 0.5) is 10.3 Å². The molecule has 2 atom stereocenters. The van der Waals surface area contributed by atoms with Gasteiger partial charge in [0.15, 0.2) is 5.75 Å². The summed E-state index contributed by atoms with van der Waals surface area (Å²) < 4.78 is 28.2. The molecule has 1 aliphatic heterocycles. The molecule has 0 spiro atoms. The first-order valence-electron chi connectivity index (χ1n) is 13.4. The Kier molecular flexibility index (Phi) is 7.93. The van der Waals surface area contributed by atoms with Gasteiger partial charge in [-0.05, 0) is 25.1 Å². The molecule has 12 heteroatoms. The molecule has 1 aliphatic rings. The molecule has 1 fully saturated rings. The summed E-state index contributed by atoms with van der Waals surface area (Å²) >= 11 is 0. The molecule has 11 nitrogen and oxygen atoms in total. The van der Waals surface area contributed by atoms with E-state index in [4.69, 9.17) is 9.47 Å². The Labute approximate surface area is 236 Å². The summed E-state index contributed by atoms with van der Waals surface area (Å²) in [6.07, 6.45) is 1.93. The number of halogens is 1. The van der Waals surface area contributed by atoms with Gasteiger partial charge in [0.2, 0.25) is 18.2 Å². The second kappa shape index (κ2) is 11.6. The maximum atomic E-state index is 13.7. The maximum absolute atomic E-state index is 13.7. The highest BCUT2D eigenvalue weighted by Crippen LogP contribution is 2.36. The number of hydrogen-bond donors (Lipinski definition) is 1. The molecular weight excluding hydrogens is 531 g/mol. The fourth-order valence-electron chi connectivity index (χ4n) is 5.36. The molecule has 1 saturated heterocycles. The van der Waals surface area contributed by atoms with Crippen molar-refractivity contribution in [3.8, 4) is 22.6 Å². The zero-order valence-corrected chi connectivity index (χ0v) is 23.5. The first-order chi connectivity index (χ1) is 19.7. The third-order valence-corrected chi connectivity index (χ3v) is 7.38. The normalized spacial score (nSPS) is 16.2. The Morgan fingerprint density at radius 1 is 1.17 bits per heavy atom. The van der Waals surface area contributed by atoms with Crippen molar-refractivity contribution in [1.29, 1.82) is 0 Å². The molecule has 2 aromatic heterocycles. The molecule has 216 valence electrons. The number of carbonyl (C=O) groups is 1. The molecule has 2 aromatic carbocycles. The van der Waals surface area contributed by atoms with Gasteiger partial charge < -0.3 is 24.4 Å². The maximum Gasteiger partial charge on any atom is 0.274 e. The highest BCUT2D eigenvalue weighted by Gasteiger charge is 2.28. The topological polar surface area (TPSA) is 115 Å². The highest BCUT2D eigenvalue weighted by molar-refractivity contribution is 5.92. The summed E-state index contributed by atoms with van der Waals surface area (Å²) in [5.74, 6) is 1.13. The zero-order valence-electron chi connectivity index (χ0n) is 23.5. The highest BCUT2D eigenvalue weighted by atomic mass is 19.1. The summed E-state index contributed by atoms with van der Waals surface area (Å²) in [7, 11) is 3.22. The number of methoxy groups -OCH3 is 1. The van der Waals surface area contributed by atoms with Crippen LogP contribution in [0.3, 0.4) is 0 Å². The Morgan fingerprint density at radius 3 is 2.56 bits per heavy atom. The van der Waals surface area contributed by atoms with Crippen molar-refractivity contribution in [2.24, 2.45) is 7.05 Å². The predicted molar refractivity (Wildman–Crippen MR) is 152 cm³/mol. The van der Waals surface area contributed by atoms with E-state index in [0.29, 0.717) is 64.7 Å². The number of anilines is 1. The Bertz CT molecular complexity index is 1620. The number of benzene rings is 2. The molecule has 3 heterocycles. The lowest BCUT2D eigenvalue weighted by Gasteiger charge is -2.39. The van der Waals surface area contributed by atoms with Gasteiger partial charge >= 0.3 is 0 Å². The number of alkyl halides is 1. The van der Waals surface area contributed by atoms with Gasteiger partial charge in [-0.15, -0.1) is 0 Å². The largest absolute Gasteiger partial charge is 0.494 e. The average molecular weight is 565 g/mol. The van der Waals surface area contributed by atoms with E-state index in [0.717, 1.165) is 0 Å². The van der Waals surface area contributed by atoms with Crippen molar-refractivity contribution < 1.29 is 23.8 Å². The first-order valence-corrected chi connectivity index (χ1v) is 13.4. The molecule has 0 radical (unpaired) electrons. The van der Waals surface area contributed by atoms with Crippen LogP contribution in [-0.2, 0) is 18.4 Å². The minimum atomic E-state index is -1.49. The molecular formula is C29H33FN6O5. The SMILES string of the molecule is COc1c(-c2cnc(N3CCN(C(=O)CO)[C@H](C)C3)nc2)ccc2c(=O)n(C)n(Cc3ccccc3OC(C)F)c12. The molecule has 4 aromatic rings. The Balaban J connectivity index is 1.49. The van der Waals surface area contributed by atoms with E-state index in [1.807, 2.05) is 30.0 Å². The number of amides is 1. The van der Waals surface area contributed by atoms with Crippen molar-refractivity contribution in [1.82, 2.24) is 24.2 Å². The minimum absolute atomic E-state index is 0.0902. The first kappa shape index (κ1) is 28.1. The fraction of sp³-hybridized carbons (Fsp3) is 0.379. The lowest BCUT2D eigenvalue weighted by Crippen LogP contribution is -2.55. The lowest BCUT2D eigenvalue weighted by molar-refractivity contribution is -0.136. The monoisotopic (exact) mass is 564 g/mol. The Morgan fingerprint density at radius 2 is 1.90 bits per heavy atom. The number of fused-ring (bicyclic) bond motifs is 1. The number of nitrogens with zero attached hydrogens (tertiary/aromatic N) is 6. The van der Waals surface area contributed by atoms with Gasteiger partial charge in [0.25, 0.3) is 5.56 Å². The predicted octanol–water partition coefficient (Wildman–Crippen LogP) is 2.58. The number of aliphatic hydroxyl groups is 1. The lowest BCUT2D eigenvalue weighted by atomic mass is 10.1. The third-order valence-electron chi connectivity index (χ3n) is 7.38. The fourth-order valence-corrected chi connectivity index (χ4v) is 5.36. The van der Waals surface area contributed by atoms with Crippen LogP contribution in [0.1, 0.15) is 19.4 Å². The molecule has 5 rings (SSSR count). The summed E-state index contributed by atoms with van der Waals surface area (Å²) in [5.41, 5.74) is 2.51. The van der Waals surface area contributed by atoms with E-state index in [1.165, 1.54) is 11.6 Å². The summed E-state index contributed by atoms with van der Waals surface area (Å²) in [5, 5.41) is 9.69. The second-order valence-corrected chi connectivity index (χ2v) is 10.0. The number of carbonyl (C=O) groups excluding carboxylic acids is 1. The second-order valence-electron chi connectivity index (χ2n) is 10.0. The van der Waals surface area contributed by atoms with Crippen molar-refractivity contribution in [3.05, 3.63) is 64.7 Å². The molecule has 0 bridgehead atoms. The van der Waals surface area contributed by atoms with Crippen molar-refractivity contribution >= 4 is 22.8 Å². The number of aliphatic hydroxyl groups excluding tert-OH is 1. The van der Waals surface area contributed by atoms with Gasteiger partial charge in [0.05, 0.1) is 19.0 Å². The van der Waals surface area contributed by atoms with Gasteiger partial charge in [-0.3, -0.25) is 19.0 Å². The van der Waals surface area contributed by atoms with Crippen LogP contribution in [0.2, 0.25) is 0 Å². The van der Waals surface area contributed by atoms with E-state index in [-0.39, 0.29) is 24.1 Å². The van der Waals surface area contributed by atoms with Crippen LogP contribution in [0, 0.1) is 0 Å². The van der Waals surface area contributed by atoms with Crippen LogP contribution in [0.15, 0.2) is 53.6 Å². The van der Waals surface area contributed by atoms with Crippen LogP contribution in [0.25, 0.3) is 22.0 Å². The minimum Gasteiger partial charge on any atom is -0.494 e. The van der Waals surface area contributed by atoms with E-state index < -0.39 is 13.0 Å². The van der Waals surface area contributed by atoms with E-state index in [1.54, 1.807) is 54.3 Å². The number of rotatable bonds is 8. The number of para-hydroxylation sites is 1. The van der Waals surface area contributed by atoms with Crippen LogP contribution >= 0.6 is 0 Å². The van der Waals surface area contributed by atoms with Crippen LogP contribution < -0.4 is 19.9 Å². The van der Waals surface area contributed by atoms with Crippen molar-refractivity contribution in [3.63, 3.8) is 0 Å². The van der Waals surface area contributed by atoms with Crippen molar-refractivity contribution in [2.45, 2.75) is 32.8 Å². The standard InChI is InChI=1S/C29H33FN6O5/c1-18-15-34(11-12-35(18)25(38)17-37)29-31-13-21(14-32-29)22-9-10-23-26(27(22)40-4)36(33(3)28(23)39)16-20-7-5-6-8-24(20)41-19(2)30/h5-10,13-14,18-19,37H,11-12,15-17H2,1-4H3/t18-,19?/m1/s1. The summed E-state index contributed by atoms with van der Waals surface area (Å²) in [6.45, 7) is 4.55. The molecule has 0 aliphatic carbocycles. The van der Waals surface area contributed by atoms with Crippen LogP contribution in [-0.4, -0.2) is 81.0 Å². The van der Waals surface area contributed by atoms with E-state index in [2.05, 4.69) is 9.97 Å². The number of aromatic nitrogens is 4. The molecule has 1 unspecified atom stereocenters. The summed E-state index contributed by atoms with van der Waals surface area (Å²) in [4.78, 5) is 38.0. The molecule has 0 saturated carbocycles. The molecule has 1 amide bonds. The van der Waals surface area contributed by atoms with Gasteiger partial charge in [0.1, 0.15) is 17.9 Å². The molecule has 41 heavy (non-hydrogen) atoms. The van der Waals surface area contributed by atoms with Crippen molar-refractivity contribution in [2.75, 3.05) is 38.3 Å². The quantitative estimate of drug-likeness (QED) is 0.347. The number of hydrogen-bond acceptors (Lipinski definition) is 8. The van der Waals surface area contributed by atoms with Gasteiger partial charge in [0, 0.05) is 68.7 Å². The Hall–Kier alpha value is -4.45. The third kappa shape index (κ3) is 5.34. The van der Waals surface area contributed by atoms with Gasteiger partial charge in [-0.1, -0.05) is 18.2 Å². The smallest absolute Gasteiger partial charge is 0.274 e. The van der Waals surface area contributed by atoms with E-state index >= 15 is 0 Å². The molecule has 1 N–H and O–H groups in total. The number of piperazine rings is 1. The number of ether oxygens (including phenoxy) is 2. The van der Waals surface area contributed by atoms with Gasteiger partial charge in [-0.2, -0.15) is 0 Å². The van der Waals surface area contributed by atoms with Crippen LogP contribution in [0.5, 0.6) is 11.5 Å². The van der Waals surface area contributed by atoms with E-state index in [9.17, 15) is 19.1 Å². The summed E-state index contributed by atoms with van der Waals surface area (Å²) in [6, 6.07) is 10.6. The zero-order chi connectivity index (χ0) is 29.3. The average Bonchev–Trinajstić information content (AvgIpc) is 3.21. The van der Waals surface area contributed by atoms with Gasteiger partial charge in [-0.25, -0.2) is 14.4 Å².